The molecule has 136 valence electrons. The Labute approximate surface area is 146 Å². The van der Waals surface area contributed by atoms with Gasteiger partial charge in [0.2, 0.25) is 0 Å². The number of hydrogen-bond donors (Lipinski definition) is 0. The molecule has 1 rings (SSSR count). The van der Waals surface area contributed by atoms with E-state index in [1.807, 2.05) is 0 Å². The van der Waals surface area contributed by atoms with Crippen molar-refractivity contribution in [3.63, 3.8) is 0 Å². The molecule has 0 fully saturated rings. The van der Waals surface area contributed by atoms with E-state index in [4.69, 9.17) is 4.74 Å². The first-order valence-corrected chi connectivity index (χ1v) is 9.64. The highest BCUT2D eigenvalue weighted by molar-refractivity contribution is 5.89. The highest BCUT2D eigenvalue weighted by atomic mass is 19.1. The summed E-state index contributed by atoms with van der Waals surface area (Å²) in [6.45, 7) is 4.31. The molecule has 24 heavy (non-hydrogen) atoms. The second-order valence-electron chi connectivity index (χ2n) is 6.56. The van der Waals surface area contributed by atoms with E-state index in [0.717, 1.165) is 25.7 Å². The van der Waals surface area contributed by atoms with Gasteiger partial charge in [-0.1, -0.05) is 77.3 Å². The zero-order chi connectivity index (χ0) is 17.6. The van der Waals surface area contributed by atoms with Crippen LogP contribution >= 0.6 is 0 Å². The molecule has 0 spiro atoms. The van der Waals surface area contributed by atoms with Gasteiger partial charge >= 0.3 is 5.97 Å². The largest absolute Gasteiger partial charge is 0.459 e. The second kappa shape index (κ2) is 13.0. The van der Waals surface area contributed by atoms with Gasteiger partial charge in [-0.05, 0) is 31.4 Å². The minimum Gasteiger partial charge on any atom is -0.459 e. The van der Waals surface area contributed by atoms with Crippen molar-refractivity contribution in [2.45, 2.75) is 90.6 Å². The monoisotopic (exact) mass is 336 g/mol. The van der Waals surface area contributed by atoms with Crippen molar-refractivity contribution in [1.82, 2.24) is 0 Å². The fraction of sp³-hybridized carbons (Fsp3) is 0.667. The van der Waals surface area contributed by atoms with Crippen LogP contribution in [0.4, 0.5) is 4.39 Å². The molecule has 0 saturated heterocycles. The molecule has 1 atom stereocenters. The SMILES string of the molecule is CCCCCCCCCCC(CCC)OC(=O)c1ccccc1F. The Balaban J connectivity index is 2.28. The highest BCUT2D eigenvalue weighted by Gasteiger charge is 2.17. The summed E-state index contributed by atoms with van der Waals surface area (Å²) in [6.07, 6.45) is 12.7. The molecule has 0 heterocycles. The van der Waals surface area contributed by atoms with Crippen LogP contribution < -0.4 is 0 Å². The lowest BCUT2D eigenvalue weighted by Gasteiger charge is -2.17. The maximum atomic E-state index is 13.7. The van der Waals surface area contributed by atoms with Crippen LogP contribution in [0.15, 0.2) is 24.3 Å². The first-order valence-electron chi connectivity index (χ1n) is 9.64. The predicted octanol–water partition coefficient (Wildman–Crippen LogP) is 6.68. The summed E-state index contributed by atoms with van der Waals surface area (Å²) in [4.78, 5) is 12.1. The number of halogens is 1. The van der Waals surface area contributed by atoms with Gasteiger partial charge in [-0.3, -0.25) is 0 Å². The van der Waals surface area contributed by atoms with Crippen LogP contribution in [0, 0.1) is 5.82 Å². The number of carbonyl (C=O) groups is 1. The fourth-order valence-electron chi connectivity index (χ4n) is 2.93. The molecule has 0 amide bonds. The first kappa shape index (κ1) is 20.7. The van der Waals surface area contributed by atoms with E-state index in [1.165, 1.54) is 57.1 Å². The third kappa shape index (κ3) is 8.47. The highest BCUT2D eigenvalue weighted by Crippen LogP contribution is 2.17. The van der Waals surface area contributed by atoms with Gasteiger partial charge < -0.3 is 4.74 Å². The zero-order valence-electron chi connectivity index (χ0n) is 15.4. The van der Waals surface area contributed by atoms with E-state index in [9.17, 15) is 9.18 Å². The molecule has 0 aliphatic heterocycles. The molecule has 1 unspecified atom stereocenters. The van der Waals surface area contributed by atoms with Crippen LogP contribution in [0.25, 0.3) is 0 Å². The Hall–Kier alpha value is -1.38. The van der Waals surface area contributed by atoms with E-state index in [0.29, 0.717) is 0 Å². The summed E-state index contributed by atoms with van der Waals surface area (Å²) >= 11 is 0. The van der Waals surface area contributed by atoms with E-state index in [-0.39, 0.29) is 11.7 Å². The first-order chi connectivity index (χ1) is 11.7. The van der Waals surface area contributed by atoms with Crippen LogP contribution in [0.3, 0.4) is 0 Å². The molecular weight excluding hydrogens is 303 g/mol. The zero-order valence-corrected chi connectivity index (χ0v) is 15.4. The molecule has 0 bridgehead atoms. The molecule has 3 heteroatoms. The summed E-state index contributed by atoms with van der Waals surface area (Å²) in [6, 6.07) is 6.02. The normalized spacial score (nSPS) is 12.1. The summed E-state index contributed by atoms with van der Waals surface area (Å²) in [5.41, 5.74) is 0.0366. The third-order valence-corrected chi connectivity index (χ3v) is 4.36. The lowest BCUT2D eigenvalue weighted by molar-refractivity contribution is 0.0248. The third-order valence-electron chi connectivity index (χ3n) is 4.36. The molecule has 0 aliphatic carbocycles. The van der Waals surface area contributed by atoms with E-state index in [2.05, 4.69) is 13.8 Å². The number of rotatable bonds is 13. The number of unbranched alkanes of at least 4 members (excludes halogenated alkanes) is 7. The molecular formula is C21H33FO2. The minimum atomic E-state index is -0.536. The number of esters is 1. The predicted molar refractivity (Wildman–Crippen MR) is 97.7 cm³/mol. The summed E-state index contributed by atoms with van der Waals surface area (Å²) < 4.78 is 19.2. The molecule has 2 nitrogen and oxygen atoms in total. The molecule has 1 aromatic carbocycles. The van der Waals surface area contributed by atoms with E-state index < -0.39 is 11.8 Å². The molecule has 0 N–H and O–H groups in total. The molecule has 1 aromatic rings. The van der Waals surface area contributed by atoms with Crippen LogP contribution in [0.2, 0.25) is 0 Å². The number of benzene rings is 1. The summed E-state index contributed by atoms with van der Waals surface area (Å²) in [7, 11) is 0. The smallest absolute Gasteiger partial charge is 0.341 e. The fourth-order valence-corrected chi connectivity index (χ4v) is 2.93. The van der Waals surface area contributed by atoms with Gasteiger partial charge in [-0.2, -0.15) is 0 Å². The number of hydrogen-bond acceptors (Lipinski definition) is 2. The van der Waals surface area contributed by atoms with Crippen molar-refractivity contribution in [3.05, 3.63) is 35.6 Å². The van der Waals surface area contributed by atoms with Gasteiger partial charge in [0.05, 0.1) is 5.56 Å². The molecule has 0 radical (unpaired) electrons. The minimum absolute atomic E-state index is 0.0366. The Kier molecular flexibility index (Phi) is 11.2. The van der Waals surface area contributed by atoms with Crippen molar-refractivity contribution in [2.24, 2.45) is 0 Å². The van der Waals surface area contributed by atoms with Gasteiger partial charge in [0.15, 0.2) is 0 Å². The Morgan fingerprint density at radius 2 is 1.54 bits per heavy atom. The quantitative estimate of drug-likeness (QED) is 0.296. The molecule has 0 saturated carbocycles. The molecule has 0 aliphatic rings. The van der Waals surface area contributed by atoms with Crippen molar-refractivity contribution in [1.29, 1.82) is 0 Å². The Morgan fingerprint density at radius 1 is 0.917 bits per heavy atom. The van der Waals surface area contributed by atoms with Gasteiger partial charge in [0, 0.05) is 0 Å². The lowest BCUT2D eigenvalue weighted by Crippen LogP contribution is -2.19. The average Bonchev–Trinajstić information content (AvgIpc) is 2.57. The lowest BCUT2D eigenvalue weighted by atomic mass is 10.0. The van der Waals surface area contributed by atoms with Crippen molar-refractivity contribution >= 4 is 5.97 Å². The van der Waals surface area contributed by atoms with Gasteiger partial charge in [0.25, 0.3) is 0 Å². The van der Waals surface area contributed by atoms with Crippen LogP contribution in [0.5, 0.6) is 0 Å². The second-order valence-corrected chi connectivity index (χ2v) is 6.56. The Bertz CT molecular complexity index is 459. The van der Waals surface area contributed by atoms with Gasteiger partial charge in [-0.25, -0.2) is 9.18 Å². The summed E-state index contributed by atoms with van der Waals surface area (Å²) in [5.74, 6) is -1.05. The van der Waals surface area contributed by atoms with Crippen LogP contribution in [-0.4, -0.2) is 12.1 Å². The van der Waals surface area contributed by atoms with Crippen LogP contribution in [-0.2, 0) is 4.74 Å². The number of ether oxygens (including phenoxy) is 1. The van der Waals surface area contributed by atoms with E-state index >= 15 is 0 Å². The molecule has 0 aromatic heterocycles. The van der Waals surface area contributed by atoms with E-state index in [1.54, 1.807) is 12.1 Å². The van der Waals surface area contributed by atoms with Crippen molar-refractivity contribution in [3.8, 4) is 0 Å². The van der Waals surface area contributed by atoms with Crippen LogP contribution in [0.1, 0.15) is 94.8 Å². The maximum absolute atomic E-state index is 13.7. The standard InChI is InChI=1S/C21H33FO2/c1-3-5-6-7-8-9-10-11-15-18(14-4-2)24-21(23)19-16-12-13-17-20(19)22/h12-13,16-18H,3-11,14-15H2,1-2H3. The Morgan fingerprint density at radius 3 is 2.17 bits per heavy atom. The van der Waals surface area contributed by atoms with Crippen molar-refractivity contribution < 1.29 is 13.9 Å². The number of carbonyl (C=O) groups excluding carboxylic acids is 1. The van der Waals surface area contributed by atoms with Crippen molar-refractivity contribution in [2.75, 3.05) is 0 Å². The average molecular weight is 336 g/mol. The maximum Gasteiger partial charge on any atom is 0.341 e. The summed E-state index contributed by atoms with van der Waals surface area (Å²) in [5, 5.41) is 0. The topological polar surface area (TPSA) is 26.3 Å². The van der Waals surface area contributed by atoms with Gasteiger partial charge in [-0.15, -0.1) is 0 Å². The van der Waals surface area contributed by atoms with Gasteiger partial charge in [0.1, 0.15) is 11.9 Å².